The highest BCUT2D eigenvalue weighted by molar-refractivity contribution is 6.03. The van der Waals surface area contributed by atoms with Crippen molar-refractivity contribution in [3.8, 4) is 0 Å². The second-order valence-corrected chi connectivity index (χ2v) is 11.9. The molecule has 0 aromatic heterocycles. The molecule has 6 rings (SSSR count). The molecule has 2 heterocycles. The first-order valence-corrected chi connectivity index (χ1v) is 15.6. The SMILES string of the molecule is CN1CCN(C(=O)c2ccc(NC(=O)Nc3ccccc3)c(N3CCC(C(c4ccccc4)c4ccccc4)CC3)c2)CC1. The van der Waals surface area contributed by atoms with Crippen molar-refractivity contribution in [3.63, 3.8) is 0 Å². The molecule has 0 saturated carbocycles. The Morgan fingerprint density at radius 2 is 1.25 bits per heavy atom. The Morgan fingerprint density at radius 3 is 1.84 bits per heavy atom. The zero-order valence-corrected chi connectivity index (χ0v) is 25.4. The minimum atomic E-state index is -0.307. The zero-order chi connectivity index (χ0) is 30.3. The van der Waals surface area contributed by atoms with Crippen LogP contribution in [-0.4, -0.2) is 68.1 Å². The molecule has 44 heavy (non-hydrogen) atoms. The van der Waals surface area contributed by atoms with E-state index in [9.17, 15) is 9.59 Å². The number of carbonyl (C=O) groups excluding carboxylic acids is 2. The van der Waals surface area contributed by atoms with Crippen LogP contribution in [-0.2, 0) is 0 Å². The Kier molecular flexibility index (Phi) is 9.22. The maximum atomic E-state index is 13.6. The van der Waals surface area contributed by atoms with E-state index in [4.69, 9.17) is 0 Å². The van der Waals surface area contributed by atoms with Gasteiger partial charge in [0.15, 0.2) is 0 Å². The van der Waals surface area contributed by atoms with Gasteiger partial charge < -0.3 is 25.3 Å². The summed E-state index contributed by atoms with van der Waals surface area (Å²) in [6.07, 6.45) is 2.00. The molecule has 2 fully saturated rings. The average molecular weight is 588 g/mol. The lowest BCUT2D eigenvalue weighted by Gasteiger charge is -2.38. The quantitative estimate of drug-likeness (QED) is 0.251. The van der Waals surface area contributed by atoms with Crippen molar-refractivity contribution in [2.24, 2.45) is 5.92 Å². The molecule has 2 N–H and O–H groups in total. The third kappa shape index (κ3) is 6.95. The highest BCUT2D eigenvalue weighted by atomic mass is 16.2. The van der Waals surface area contributed by atoms with Crippen LogP contribution in [0.15, 0.2) is 109 Å². The van der Waals surface area contributed by atoms with Gasteiger partial charge in [-0.3, -0.25) is 4.79 Å². The predicted molar refractivity (Wildman–Crippen MR) is 179 cm³/mol. The van der Waals surface area contributed by atoms with Gasteiger partial charge in [-0.05, 0) is 67.3 Å². The Labute approximate surface area is 260 Å². The van der Waals surface area contributed by atoms with Gasteiger partial charge in [-0.25, -0.2) is 4.79 Å². The first-order valence-electron chi connectivity index (χ1n) is 15.6. The molecule has 0 spiro atoms. The minimum absolute atomic E-state index is 0.0442. The van der Waals surface area contributed by atoms with Crippen LogP contribution in [0.2, 0.25) is 0 Å². The molecule has 7 nitrogen and oxygen atoms in total. The Hall–Kier alpha value is -4.62. The molecule has 2 aliphatic heterocycles. The lowest BCUT2D eigenvalue weighted by atomic mass is 9.76. The van der Waals surface area contributed by atoms with E-state index in [1.54, 1.807) is 0 Å². The van der Waals surface area contributed by atoms with E-state index in [2.05, 4.69) is 88.1 Å². The van der Waals surface area contributed by atoms with Gasteiger partial charge in [0, 0.05) is 56.4 Å². The number of rotatable bonds is 7. The monoisotopic (exact) mass is 587 g/mol. The van der Waals surface area contributed by atoms with Crippen molar-refractivity contribution < 1.29 is 9.59 Å². The first-order chi connectivity index (χ1) is 21.5. The van der Waals surface area contributed by atoms with E-state index >= 15 is 0 Å². The van der Waals surface area contributed by atoms with Crippen molar-refractivity contribution in [2.75, 3.05) is 61.8 Å². The number of nitrogens with one attached hydrogen (secondary N) is 2. The Balaban J connectivity index is 1.24. The number of piperazine rings is 1. The van der Waals surface area contributed by atoms with E-state index in [0.29, 0.717) is 23.1 Å². The van der Waals surface area contributed by atoms with Crippen LogP contribution in [0.4, 0.5) is 21.9 Å². The second kappa shape index (κ2) is 13.8. The predicted octanol–water partition coefficient (Wildman–Crippen LogP) is 6.77. The Bertz CT molecular complexity index is 1490. The van der Waals surface area contributed by atoms with E-state index in [0.717, 1.165) is 63.5 Å². The summed E-state index contributed by atoms with van der Waals surface area (Å²) in [7, 11) is 2.09. The van der Waals surface area contributed by atoms with E-state index in [1.165, 1.54) is 11.1 Å². The molecule has 0 unspecified atom stereocenters. The van der Waals surface area contributed by atoms with Crippen molar-refractivity contribution >= 4 is 29.0 Å². The maximum absolute atomic E-state index is 13.6. The van der Waals surface area contributed by atoms with Crippen LogP contribution in [0.3, 0.4) is 0 Å². The molecule has 0 bridgehead atoms. The largest absolute Gasteiger partial charge is 0.370 e. The lowest BCUT2D eigenvalue weighted by Crippen LogP contribution is -2.47. The summed E-state index contributed by atoms with van der Waals surface area (Å²) >= 11 is 0. The normalized spacial score (nSPS) is 16.1. The number of hydrogen-bond acceptors (Lipinski definition) is 4. The second-order valence-electron chi connectivity index (χ2n) is 11.9. The molecule has 2 saturated heterocycles. The smallest absolute Gasteiger partial charge is 0.323 e. The Morgan fingerprint density at radius 1 is 0.682 bits per heavy atom. The molecule has 4 aromatic rings. The van der Waals surface area contributed by atoms with E-state index in [-0.39, 0.29) is 11.9 Å². The number of anilines is 3. The van der Waals surface area contributed by atoms with Crippen LogP contribution in [0.25, 0.3) is 0 Å². The van der Waals surface area contributed by atoms with Gasteiger partial charge in [0.05, 0.1) is 11.4 Å². The maximum Gasteiger partial charge on any atom is 0.323 e. The molecule has 3 amide bonds. The highest BCUT2D eigenvalue weighted by Crippen LogP contribution is 2.40. The molecule has 7 heteroatoms. The summed E-state index contributed by atoms with van der Waals surface area (Å²) in [6.45, 7) is 4.85. The summed E-state index contributed by atoms with van der Waals surface area (Å²) in [4.78, 5) is 33.1. The molecule has 2 aliphatic rings. The number of benzene rings is 4. The molecule has 4 aromatic carbocycles. The van der Waals surface area contributed by atoms with Crippen molar-refractivity contribution in [2.45, 2.75) is 18.8 Å². The summed E-state index contributed by atoms with van der Waals surface area (Å²) in [5, 5.41) is 5.99. The number of likely N-dealkylation sites (N-methyl/N-ethyl adjacent to an activating group) is 1. The number of piperidine rings is 1. The molecule has 0 aliphatic carbocycles. The summed E-state index contributed by atoms with van der Waals surface area (Å²) < 4.78 is 0. The van der Waals surface area contributed by atoms with Crippen LogP contribution < -0.4 is 15.5 Å². The summed E-state index contributed by atoms with van der Waals surface area (Å²) in [5.41, 5.74) is 5.67. The first kappa shape index (κ1) is 29.5. The van der Waals surface area contributed by atoms with Crippen LogP contribution in [0, 0.1) is 5.92 Å². The van der Waals surface area contributed by atoms with Crippen molar-refractivity contribution in [1.29, 1.82) is 0 Å². The van der Waals surface area contributed by atoms with Gasteiger partial charge in [0.2, 0.25) is 0 Å². The van der Waals surface area contributed by atoms with Gasteiger partial charge in [0.25, 0.3) is 5.91 Å². The third-order valence-electron chi connectivity index (χ3n) is 8.98. The van der Waals surface area contributed by atoms with Crippen LogP contribution in [0.5, 0.6) is 0 Å². The molecule has 0 radical (unpaired) electrons. The van der Waals surface area contributed by atoms with E-state index < -0.39 is 0 Å². The van der Waals surface area contributed by atoms with Gasteiger partial charge in [0.1, 0.15) is 0 Å². The lowest BCUT2D eigenvalue weighted by molar-refractivity contribution is 0.0664. The fourth-order valence-electron chi connectivity index (χ4n) is 6.56. The number of urea groups is 1. The standard InChI is InChI=1S/C37H41N5O2/c1-40-23-25-42(26-24-40)36(43)31-17-18-33(39-37(44)38-32-15-9-4-10-16-32)34(27-31)41-21-19-30(20-22-41)35(28-11-5-2-6-12-28)29-13-7-3-8-14-29/h2-18,27,30,35H,19-26H2,1H3,(H2,38,39,44). The van der Waals surface area contributed by atoms with Gasteiger partial charge in [-0.2, -0.15) is 0 Å². The van der Waals surface area contributed by atoms with Crippen molar-refractivity contribution in [3.05, 3.63) is 126 Å². The van der Waals surface area contributed by atoms with Crippen molar-refractivity contribution in [1.82, 2.24) is 9.80 Å². The highest BCUT2D eigenvalue weighted by Gasteiger charge is 2.30. The molecule has 226 valence electrons. The number of para-hydroxylation sites is 1. The molecular formula is C37H41N5O2. The van der Waals surface area contributed by atoms with E-state index in [1.807, 2.05) is 53.4 Å². The van der Waals surface area contributed by atoms with Crippen LogP contribution >= 0.6 is 0 Å². The number of amides is 3. The number of nitrogens with zero attached hydrogens (tertiary/aromatic N) is 3. The zero-order valence-electron chi connectivity index (χ0n) is 25.4. The topological polar surface area (TPSA) is 67.9 Å². The average Bonchev–Trinajstić information content (AvgIpc) is 3.07. The number of carbonyl (C=O) groups is 2. The minimum Gasteiger partial charge on any atom is -0.370 e. The fourth-order valence-corrected chi connectivity index (χ4v) is 6.56. The fraction of sp³-hybridized carbons (Fsp3) is 0.297. The number of hydrogen-bond donors (Lipinski definition) is 2. The summed E-state index contributed by atoms with van der Waals surface area (Å²) in [5.74, 6) is 0.839. The summed E-state index contributed by atoms with van der Waals surface area (Å²) in [6, 6.07) is 36.4. The van der Waals surface area contributed by atoms with Gasteiger partial charge >= 0.3 is 6.03 Å². The third-order valence-corrected chi connectivity index (χ3v) is 8.98. The molecule has 0 atom stereocenters. The molecular weight excluding hydrogens is 546 g/mol. The van der Waals surface area contributed by atoms with Crippen LogP contribution in [0.1, 0.15) is 40.2 Å². The van der Waals surface area contributed by atoms with Gasteiger partial charge in [-0.1, -0.05) is 78.9 Å². The van der Waals surface area contributed by atoms with Gasteiger partial charge in [-0.15, -0.1) is 0 Å².